The predicted molar refractivity (Wildman–Crippen MR) is 61.3 cm³/mol. The van der Waals surface area contributed by atoms with E-state index >= 15 is 0 Å². The molecule has 1 aliphatic carbocycles. The second-order valence-corrected chi connectivity index (χ2v) is 4.60. The maximum Gasteiger partial charge on any atom is 0.393 e. The molecule has 0 aromatic carbocycles. The highest BCUT2D eigenvalue weighted by atomic mass is 19.4. The Kier molecular flexibility index (Phi) is 4.01. The number of carbonyl (C=O) groups is 1. The van der Waals surface area contributed by atoms with E-state index in [4.69, 9.17) is 0 Å². The van der Waals surface area contributed by atoms with Crippen LogP contribution in [0.3, 0.4) is 0 Å². The van der Waals surface area contributed by atoms with E-state index < -0.39 is 24.0 Å². The van der Waals surface area contributed by atoms with Gasteiger partial charge in [0.05, 0.1) is 12.1 Å². The highest BCUT2D eigenvalue weighted by Crippen LogP contribution is 2.37. The van der Waals surface area contributed by atoms with Gasteiger partial charge in [-0.3, -0.25) is 9.78 Å². The highest BCUT2D eigenvalue weighted by molar-refractivity contribution is 5.92. The highest BCUT2D eigenvalue weighted by Gasteiger charge is 2.46. The molecular formula is C12H14F3N3O. The van der Waals surface area contributed by atoms with E-state index in [9.17, 15) is 18.0 Å². The van der Waals surface area contributed by atoms with Crippen molar-refractivity contribution in [2.24, 2.45) is 5.92 Å². The number of rotatable bonds is 2. The van der Waals surface area contributed by atoms with Gasteiger partial charge >= 0.3 is 6.18 Å². The summed E-state index contributed by atoms with van der Waals surface area (Å²) in [5.41, 5.74) is 0.0361. The molecule has 1 saturated carbocycles. The van der Waals surface area contributed by atoms with Crippen LogP contribution in [0.5, 0.6) is 0 Å². The van der Waals surface area contributed by atoms with Crippen molar-refractivity contribution in [3.05, 3.63) is 24.3 Å². The van der Waals surface area contributed by atoms with Crippen LogP contribution in [0.4, 0.5) is 13.2 Å². The van der Waals surface area contributed by atoms with Gasteiger partial charge in [-0.2, -0.15) is 13.2 Å². The molecule has 1 fully saturated rings. The lowest BCUT2D eigenvalue weighted by atomic mass is 9.84. The molecule has 2 rings (SSSR count). The van der Waals surface area contributed by atoms with Crippen LogP contribution in [0.15, 0.2) is 18.6 Å². The van der Waals surface area contributed by atoms with Gasteiger partial charge in [-0.05, 0) is 12.8 Å². The van der Waals surface area contributed by atoms with Gasteiger partial charge in [-0.1, -0.05) is 12.8 Å². The summed E-state index contributed by atoms with van der Waals surface area (Å²) in [5.74, 6) is -2.07. The topological polar surface area (TPSA) is 54.9 Å². The lowest BCUT2D eigenvalue weighted by Crippen LogP contribution is -2.47. The third-order valence-corrected chi connectivity index (χ3v) is 3.30. The molecule has 0 unspecified atom stereocenters. The van der Waals surface area contributed by atoms with Gasteiger partial charge < -0.3 is 5.32 Å². The fraction of sp³-hybridized carbons (Fsp3) is 0.583. The first-order valence-corrected chi connectivity index (χ1v) is 6.12. The van der Waals surface area contributed by atoms with Gasteiger partial charge in [-0.15, -0.1) is 0 Å². The average molecular weight is 273 g/mol. The molecule has 1 aliphatic rings. The van der Waals surface area contributed by atoms with Gasteiger partial charge in [0.1, 0.15) is 5.69 Å². The maximum absolute atomic E-state index is 12.9. The number of alkyl halides is 3. The minimum atomic E-state index is -4.28. The van der Waals surface area contributed by atoms with Crippen LogP contribution in [-0.2, 0) is 0 Å². The van der Waals surface area contributed by atoms with E-state index in [1.54, 1.807) is 0 Å². The van der Waals surface area contributed by atoms with Crippen LogP contribution < -0.4 is 5.32 Å². The van der Waals surface area contributed by atoms with Crippen LogP contribution in [-0.4, -0.2) is 28.1 Å². The number of hydrogen-bond donors (Lipinski definition) is 1. The van der Waals surface area contributed by atoms with Crippen molar-refractivity contribution in [1.29, 1.82) is 0 Å². The van der Waals surface area contributed by atoms with Gasteiger partial charge in [0.2, 0.25) is 0 Å². The first kappa shape index (κ1) is 13.8. The van der Waals surface area contributed by atoms with E-state index in [-0.39, 0.29) is 12.1 Å². The van der Waals surface area contributed by atoms with Crippen LogP contribution >= 0.6 is 0 Å². The molecule has 2 atom stereocenters. The molecule has 1 aromatic heterocycles. The van der Waals surface area contributed by atoms with Crippen LogP contribution in [0.2, 0.25) is 0 Å². The molecule has 1 N–H and O–H groups in total. The fourth-order valence-corrected chi connectivity index (χ4v) is 2.35. The molecule has 0 saturated heterocycles. The van der Waals surface area contributed by atoms with Crippen molar-refractivity contribution in [2.45, 2.75) is 37.9 Å². The van der Waals surface area contributed by atoms with Crippen molar-refractivity contribution >= 4 is 5.91 Å². The number of aromatic nitrogens is 2. The van der Waals surface area contributed by atoms with E-state index in [1.807, 2.05) is 0 Å². The van der Waals surface area contributed by atoms with E-state index in [2.05, 4.69) is 15.3 Å². The summed E-state index contributed by atoms with van der Waals surface area (Å²) < 4.78 is 38.6. The Morgan fingerprint density at radius 2 is 2.00 bits per heavy atom. The van der Waals surface area contributed by atoms with Crippen molar-refractivity contribution in [3.63, 3.8) is 0 Å². The summed E-state index contributed by atoms with van der Waals surface area (Å²) in [4.78, 5) is 19.3. The zero-order valence-electron chi connectivity index (χ0n) is 10.2. The Morgan fingerprint density at radius 3 is 2.63 bits per heavy atom. The number of amides is 1. The Balaban J connectivity index is 2.06. The molecule has 7 heteroatoms. The number of carbonyl (C=O) groups excluding carboxylic acids is 1. The van der Waals surface area contributed by atoms with E-state index in [0.29, 0.717) is 19.3 Å². The summed E-state index contributed by atoms with van der Waals surface area (Å²) in [7, 11) is 0. The molecule has 0 aliphatic heterocycles. The molecule has 1 aromatic rings. The average Bonchev–Trinajstić information content (AvgIpc) is 2.39. The summed E-state index contributed by atoms with van der Waals surface area (Å²) in [6.07, 6.45) is 1.33. The fourth-order valence-electron chi connectivity index (χ4n) is 2.35. The number of halogens is 3. The number of nitrogens with zero attached hydrogens (tertiary/aromatic N) is 2. The zero-order chi connectivity index (χ0) is 13.9. The van der Waals surface area contributed by atoms with Gasteiger partial charge in [-0.25, -0.2) is 4.98 Å². The first-order valence-electron chi connectivity index (χ1n) is 6.12. The van der Waals surface area contributed by atoms with Crippen molar-refractivity contribution < 1.29 is 18.0 Å². The minimum absolute atomic E-state index is 0.0361. The molecule has 104 valence electrons. The zero-order valence-corrected chi connectivity index (χ0v) is 10.2. The van der Waals surface area contributed by atoms with Gasteiger partial charge in [0.15, 0.2) is 0 Å². The molecule has 0 bridgehead atoms. The molecule has 1 amide bonds. The Hall–Kier alpha value is -1.66. The molecule has 4 nitrogen and oxygen atoms in total. The van der Waals surface area contributed by atoms with Gasteiger partial charge in [0, 0.05) is 18.4 Å². The van der Waals surface area contributed by atoms with Gasteiger partial charge in [0.25, 0.3) is 5.91 Å². The van der Waals surface area contributed by atoms with E-state index in [1.165, 1.54) is 18.6 Å². The monoisotopic (exact) mass is 273 g/mol. The number of nitrogens with one attached hydrogen (secondary N) is 1. The van der Waals surface area contributed by atoms with Crippen molar-refractivity contribution in [1.82, 2.24) is 15.3 Å². The third-order valence-electron chi connectivity index (χ3n) is 3.30. The predicted octanol–water partition coefficient (Wildman–Crippen LogP) is 2.33. The molecule has 0 spiro atoms. The standard InChI is InChI=1S/C12H14F3N3O/c13-12(14,15)8-3-1-2-4-9(8)18-11(19)10-7-16-5-6-17-10/h5-9H,1-4H2,(H,18,19)/t8-,9-/m1/s1. The van der Waals surface area contributed by atoms with Crippen LogP contribution in [0, 0.1) is 5.92 Å². The lowest BCUT2D eigenvalue weighted by Gasteiger charge is -2.33. The van der Waals surface area contributed by atoms with Crippen LogP contribution in [0.1, 0.15) is 36.2 Å². The minimum Gasteiger partial charge on any atom is -0.347 e. The van der Waals surface area contributed by atoms with Crippen LogP contribution in [0.25, 0.3) is 0 Å². The normalized spacial score (nSPS) is 23.9. The molecular weight excluding hydrogens is 259 g/mol. The van der Waals surface area contributed by atoms with E-state index in [0.717, 1.165) is 0 Å². The molecule has 19 heavy (non-hydrogen) atoms. The smallest absolute Gasteiger partial charge is 0.347 e. The summed E-state index contributed by atoms with van der Waals surface area (Å²) in [5, 5.41) is 2.43. The largest absolute Gasteiger partial charge is 0.393 e. The summed E-state index contributed by atoms with van der Waals surface area (Å²) >= 11 is 0. The van der Waals surface area contributed by atoms with Crippen molar-refractivity contribution in [2.75, 3.05) is 0 Å². The molecule has 1 heterocycles. The Bertz CT molecular complexity index is 436. The maximum atomic E-state index is 12.9. The number of hydrogen-bond acceptors (Lipinski definition) is 3. The summed E-state index contributed by atoms with van der Waals surface area (Å²) in [6.45, 7) is 0. The lowest BCUT2D eigenvalue weighted by molar-refractivity contribution is -0.187. The van der Waals surface area contributed by atoms with Crippen molar-refractivity contribution in [3.8, 4) is 0 Å². The quantitative estimate of drug-likeness (QED) is 0.899. The second kappa shape index (κ2) is 5.54. The first-order chi connectivity index (χ1) is 8.98. The third kappa shape index (κ3) is 3.42. The molecule has 0 radical (unpaired) electrons. The Morgan fingerprint density at radius 1 is 1.26 bits per heavy atom. The SMILES string of the molecule is O=C(N[C@@H]1CCCC[C@H]1C(F)(F)F)c1cnccn1. The second-order valence-electron chi connectivity index (χ2n) is 4.60. The Labute approximate surface area is 108 Å². The summed E-state index contributed by atoms with van der Waals surface area (Å²) in [6, 6.07) is -0.872.